The summed E-state index contributed by atoms with van der Waals surface area (Å²) in [6, 6.07) is 7.19. The van der Waals surface area contributed by atoms with E-state index in [-0.39, 0.29) is 6.61 Å². The zero-order valence-electron chi connectivity index (χ0n) is 13.9. The van der Waals surface area contributed by atoms with Crippen molar-refractivity contribution in [3.05, 3.63) is 29.3 Å². The molecule has 0 bridgehead atoms. The average Bonchev–Trinajstić information content (AvgIpc) is 2.58. The van der Waals surface area contributed by atoms with Crippen LogP contribution in [0.25, 0.3) is 0 Å². The van der Waals surface area contributed by atoms with E-state index in [0.29, 0.717) is 31.4 Å². The lowest BCUT2D eigenvalue weighted by molar-refractivity contribution is -0.000762. The van der Waals surface area contributed by atoms with Crippen LogP contribution in [0.5, 0.6) is 5.75 Å². The van der Waals surface area contributed by atoms with Gasteiger partial charge in [0, 0.05) is 44.3 Å². The van der Waals surface area contributed by atoms with Gasteiger partial charge in [-0.2, -0.15) is 0 Å². The summed E-state index contributed by atoms with van der Waals surface area (Å²) in [6.07, 6.45) is -0.495. The van der Waals surface area contributed by atoms with E-state index in [1.54, 1.807) is 12.1 Å². The zero-order valence-corrected chi connectivity index (χ0v) is 14.7. The molecule has 7 heteroatoms. The third-order valence-corrected chi connectivity index (χ3v) is 4.22. The van der Waals surface area contributed by atoms with Gasteiger partial charge in [-0.3, -0.25) is 9.80 Å². The van der Waals surface area contributed by atoms with E-state index >= 15 is 0 Å². The molecule has 1 aliphatic heterocycles. The highest BCUT2D eigenvalue weighted by molar-refractivity contribution is 6.30. The SMILES string of the molecule is OCCN1CCN(C[C@@H](O)COCCOc2ccc(Cl)cc2)CC1. The number of ether oxygens (including phenoxy) is 2. The highest BCUT2D eigenvalue weighted by Crippen LogP contribution is 2.15. The van der Waals surface area contributed by atoms with Gasteiger partial charge in [-0.05, 0) is 24.3 Å². The van der Waals surface area contributed by atoms with Crippen molar-refractivity contribution >= 4 is 11.6 Å². The number of aliphatic hydroxyl groups excluding tert-OH is 2. The summed E-state index contributed by atoms with van der Waals surface area (Å²) in [5, 5.41) is 19.6. The lowest BCUT2D eigenvalue weighted by Crippen LogP contribution is -2.49. The fourth-order valence-electron chi connectivity index (χ4n) is 2.66. The maximum absolute atomic E-state index is 10.0. The van der Waals surface area contributed by atoms with Crippen LogP contribution in [0.3, 0.4) is 0 Å². The van der Waals surface area contributed by atoms with Crippen molar-refractivity contribution in [3.8, 4) is 5.75 Å². The topological polar surface area (TPSA) is 65.4 Å². The Kier molecular flexibility index (Phi) is 8.80. The molecular formula is C17H27ClN2O4. The maximum Gasteiger partial charge on any atom is 0.119 e. The summed E-state index contributed by atoms with van der Waals surface area (Å²) >= 11 is 5.81. The highest BCUT2D eigenvalue weighted by Gasteiger charge is 2.18. The Labute approximate surface area is 148 Å². The number of piperazine rings is 1. The number of nitrogens with zero attached hydrogens (tertiary/aromatic N) is 2. The van der Waals surface area contributed by atoms with E-state index in [1.165, 1.54) is 0 Å². The minimum Gasteiger partial charge on any atom is -0.491 e. The number of β-amino-alcohol motifs (C(OH)–C–C–N with tert-alkyl or cyclic N) is 2. The number of hydrogen-bond acceptors (Lipinski definition) is 6. The fraction of sp³-hybridized carbons (Fsp3) is 0.647. The lowest BCUT2D eigenvalue weighted by atomic mass is 10.2. The molecule has 0 radical (unpaired) electrons. The van der Waals surface area contributed by atoms with Crippen molar-refractivity contribution in [2.75, 3.05) is 65.7 Å². The van der Waals surface area contributed by atoms with Gasteiger partial charge in [-0.25, -0.2) is 0 Å². The van der Waals surface area contributed by atoms with Gasteiger partial charge in [0.2, 0.25) is 0 Å². The zero-order chi connectivity index (χ0) is 17.2. The molecule has 0 amide bonds. The molecule has 1 fully saturated rings. The van der Waals surface area contributed by atoms with Crippen LogP contribution in [0.4, 0.5) is 0 Å². The second-order valence-corrected chi connectivity index (χ2v) is 6.33. The Balaban J connectivity index is 1.51. The third kappa shape index (κ3) is 7.34. The predicted molar refractivity (Wildman–Crippen MR) is 93.7 cm³/mol. The smallest absolute Gasteiger partial charge is 0.119 e. The third-order valence-electron chi connectivity index (χ3n) is 3.97. The molecule has 0 aromatic heterocycles. The Morgan fingerprint density at radius 2 is 1.71 bits per heavy atom. The van der Waals surface area contributed by atoms with E-state index in [2.05, 4.69) is 9.80 Å². The minimum atomic E-state index is -0.495. The van der Waals surface area contributed by atoms with Gasteiger partial charge in [0.05, 0.1) is 25.9 Å². The number of hydrogen-bond donors (Lipinski definition) is 2. The molecule has 1 saturated heterocycles. The highest BCUT2D eigenvalue weighted by atomic mass is 35.5. The Hall–Kier alpha value is -0.890. The van der Waals surface area contributed by atoms with Crippen molar-refractivity contribution in [1.82, 2.24) is 9.80 Å². The van der Waals surface area contributed by atoms with Crippen LogP contribution in [0.15, 0.2) is 24.3 Å². The summed E-state index contributed by atoms with van der Waals surface area (Å²) in [5.74, 6) is 0.754. The molecule has 6 nitrogen and oxygen atoms in total. The molecule has 24 heavy (non-hydrogen) atoms. The molecular weight excluding hydrogens is 332 g/mol. The van der Waals surface area contributed by atoms with Gasteiger partial charge in [0.15, 0.2) is 0 Å². The monoisotopic (exact) mass is 358 g/mol. The van der Waals surface area contributed by atoms with Crippen molar-refractivity contribution < 1.29 is 19.7 Å². The first-order valence-corrected chi connectivity index (χ1v) is 8.75. The fourth-order valence-corrected chi connectivity index (χ4v) is 2.78. The number of aliphatic hydroxyl groups is 2. The molecule has 1 aromatic carbocycles. The van der Waals surface area contributed by atoms with Gasteiger partial charge in [-0.15, -0.1) is 0 Å². The van der Waals surface area contributed by atoms with Gasteiger partial charge in [0.25, 0.3) is 0 Å². The van der Waals surface area contributed by atoms with Crippen LogP contribution < -0.4 is 4.74 Å². The van der Waals surface area contributed by atoms with Crippen LogP contribution in [0.2, 0.25) is 5.02 Å². The van der Waals surface area contributed by atoms with E-state index in [4.69, 9.17) is 26.2 Å². The summed E-state index contributed by atoms with van der Waals surface area (Å²) in [6.45, 7) is 6.42. The molecule has 0 aliphatic carbocycles. The van der Waals surface area contributed by atoms with E-state index in [9.17, 15) is 5.11 Å². The normalized spacial score (nSPS) is 17.8. The molecule has 2 N–H and O–H groups in total. The van der Waals surface area contributed by atoms with Gasteiger partial charge < -0.3 is 19.7 Å². The van der Waals surface area contributed by atoms with Crippen LogP contribution in [-0.2, 0) is 4.74 Å². The van der Waals surface area contributed by atoms with E-state index in [0.717, 1.165) is 38.5 Å². The number of benzene rings is 1. The Morgan fingerprint density at radius 3 is 2.38 bits per heavy atom. The molecule has 0 unspecified atom stereocenters. The van der Waals surface area contributed by atoms with Crippen LogP contribution in [0, 0.1) is 0 Å². The number of rotatable bonds is 10. The first-order chi connectivity index (χ1) is 11.7. The Bertz CT molecular complexity index is 452. The quantitative estimate of drug-likeness (QED) is 0.600. The van der Waals surface area contributed by atoms with Gasteiger partial charge in [-0.1, -0.05) is 11.6 Å². The first kappa shape index (κ1) is 19.4. The summed E-state index contributed by atoms with van der Waals surface area (Å²) < 4.78 is 11.0. The van der Waals surface area contributed by atoms with Crippen LogP contribution in [-0.4, -0.2) is 91.8 Å². The molecule has 1 atom stereocenters. The second-order valence-electron chi connectivity index (χ2n) is 5.90. The van der Waals surface area contributed by atoms with Crippen molar-refractivity contribution in [2.24, 2.45) is 0 Å². The van der Waals surface area contributed by atoms with E-state index < -0.39 is 6.10 Å². The van der Waals surface area contributed by atoms with Gasteiger partial charge >= 0.3 is 0 Å². The maximum atomic E-state index is 10.0. The van der Waals surface area contributed by atoms with Crippen molar-refractivity contribution in [2.45, 2.75) is 6.10 Å². The number of halogens is 1. The summed E-state index contributed by atoms with van der Waals surface area (Å²) in [5.41, 5.74) is 0. The van der Waals surface area contributed by atoms with Crippen molar-refractivity contribution in [3.63, 3.8) is 0 Å². The molecule has 136 valence electrons. The molecule has 1 aliphatic rings. The molecule has 1 aromatic rings. The second kappa shape index (κ2) is 10.9. The van der Waals surface area contributed by atoms with Crippen LogP contribution >= 0.6 is 11.6 Å². The van der Waals surface area contributed by atoms with Crippen LogP contribution in [0.1, 0.15) is 0 Å². The minimum absolute atomic E-state index is 0.203. The molecule has 0 spiro atoms. The lowest BCUT2D eigenvalue weighted by Gasteiger charge is -2.35. The Morgan fingerprint density at radius 1 is 1.04 bits per heavy atom. The standard InChI is InChI=1S/C17H27ClN2O4/c18-15-1-3-17(4-2-15)24-12-11-23-14-16(22)13-20-7-5-19(6-8-20)9-10-21/h1-4,16,21-22H,5-14H2/t16-/m1/s1. The predicted octanol–water partition coefficient (Wildman–Crippen LogP) is 0.706. The molecule has 2 rings (SSSR count). The largest absolute Gasteiger partial charge is 0.491 e. The molecule has 1 heterocycles. The van der Waals surface area contributed by atoms with E-state index in [1.807, 2.05) is 12.1 Å². The first-order valence-electron chi connectivity index (χ1n) is 8.37. The summed E-state index contributed by atoms with van der Waals surface area (Å²) in [4.78, 5) is 4.46. The average molecular weight is 359 g/mol. The van der Waals surface area contributed by atoms with Crippen molar-refractivity contribution in [1.29, 1.82) is 0 Å². The summed E-state index contributed by atoms with van der Waals surface area (Å²) in [7, 11) is 0. The van der Waals surface area contributed by atoms with Gasteiger partial charge in [0.1, 0.15) is 12.4 Å². The molecule has 0 saturated carbocycles.